The molecule has 4 N–H and O–H groups in total. The fourth-order valence-electron chi connectivity index (χ4n) is 2.38. The van der Waals surface area contributed by atoms with Gasteiger partial charge in [-0.2, -0.15) is 9.37 Å². The minimum atomic E-state index is -1.49. The fourth-order valence-corrected chi connectivity index (χ4v) is 2.38. The number of hydrogen-bond donors (Lipinski definition) is 4. The van der Waals surface area contributed by atoms with Crippen molar-refractivity contribution in [2.24, 2.45) is 0 Å². The predicted molar refractivity (Wildman–Crippen MR) is 69.6 cm³/mol. The Morgan fingerprint density at radius 2 is 2.09 bits per heavy atom. The molecule has 2 aromatic heterocycles. The van der Waals surface area contributed by atoms with Crippen molar-refractivity contribution in [3.05, 3.63) is 38.9 Å². The van der Waals surface area contributed by atoms with Crippen LogP contribution in [-0.2, 0) is 4.74 Å². The Hall–Kier alpha value is -2.14. The summed E-state index contributed by atoms with van der Waals surface area (Å²) in [7, 11) is 0. The number of fused-ring (bicyclic) bond motifs is 1. The van der Waals surface area contributed by atoms with Crippen molar-refractivity contribution in [3.8, 4) is 0 Å². The van der Waals surface area contributed by atoms with Gasteiger partial charge in [0.2, 0.25) is 0 Å². The molecule has 0 bridgehead atoms. The Bertz CT molecular complexity index is 834. The van der Waals surface area contributed by atoms with Gasteiger partial charge in [-0.25, -0.2) is 4.79 Å². The number of aliphatic hydroxyl groups excluding tert-OH is 3. The Balaban J connectivity index is 2.14. The number of aromatic nitrogens is 3. The van der Waals surface area contributed by atoms with Gasteiger partial charge in [0.05, 0.1) is 12.0 Å². The second kappa shape index (κ2) is 5.25. The van der Waals surface area contributed by atoms with Crippen LogP contribution in [0.3, 0.4) is 0 Å². The van der Waals surface area contributed by atoms with E-state index in [4.69, 9.17) is 9.84 Å². The molecule has 1 aliphatic rings. The third kappa shape index (κ3) is 2.22. The molecule has 0 spiro atoms. The Labute approximate surface area is 121 Å². The summed E-state index contributed by atoms with van der Waals surface area (Å²) in [5, 5.41) is 28.6. The summed E-state index contributed by atoms with van der Waals surface area (Å²) in [5.41, 5.74) is -1.86. The lowest BCUT2D eigenvalue weighted by Crippen LogP contribution is -2.36. The Kier molecular flexibility index (Phi) is 3.53. The number of pyridine rings is 1. The van der Waals surface area contributed by atoms with Gasteiger partial charge in [0, 0.05) is 12.3 Å². The largest absolute Gasteiger partial charge is 0.394 e. The molecule has 0 aromatic carbocycles. The van der Waals surface area contributed by atoms with Crippen LogP contribution in [-0.4, -0.2) is 54.8 Å². The molecule has 1 fully saturated rings. The number of ether oxygens (including phenoxy) is 1. The van der Waals surface area contributed by atoms with Crippen molar-refractivity contribution in [1.82, 2.24) is 14.5 Å². The first kappa shape index (κ1) is 14.8. The van der Waals surface area contributed by atoms with Gasteiger partial charge in [-0.3, -0.25) is 9.36 Å². The highest BCUT2D eigenvalue weighted by Crippen LogP contribution is 2.28. The van der Waals surface area contributed by atoms with Crippen LogP contribution in [0.25, 0.3) is 11.0 Å². The summed E-state index contributed by atoms with van der Waals surface area (Å²) >= 11 is 0. The van der Waals surface area contributed by atoms with Crippen molar-refractivity contribution in [2.45, 2.75) is 24.5 Å². The molecule has 1 aliphatic heterocycles. The highest BCUT2D eigenvalue weighted by atomic mass is 19.1. The summed E-state index contributed by atoms with van der Waals surface area (Å²) in [6.07, 6.45) is -4.23. The van der Waals surface area contributed by atoms with Gasteiger partial charge >= 0.3 is 5.69 Å². The average molecular weight is 313 g/mol. The van der Waals surface area contributed by atoms with Crippen LogP contribution in [0.4, 0.5) is 4.39 Å². The number of H-pyrrole nitrogens is 1. The molecule has 118 valence electrons. The van der Waals surface area contributed by atoms with E-state index in [9.17, 15) is 24.2 Å². The van der Waals surface area contributed by atoms with E-state index in [1.807, 2.05) is 0 Å². The van der Waals surface area contributed by atoms with Crippen LogP contribution in [0.2, 0.25) is 0 Å². The average Bonchev–Trinajstić information content (AvgIpc) is 2.74. The molecule has 0 amide bonds. The molecule has 0 aliphatic carbocycles. The van der Waals surface area contributed by atoms with Crippen LogP contribution in [0, 0.1) is 5.95 Å². The monoisotopic (exact) mass is 313 g/mol. The second-order valence-corrected chi connectivity index (χ2v) is 4.90. The van der Waals surface area contributed by atoms with E-state index >= 15 is 0 Å². The smallest absolute Gasteiger partial charge is 0.351 e. The first-order valence-corrected chi connectivity index (χ1v) is 6.36. The first-order chi connectivity index (χ1) is 10.4. The molecule has 2 aromatic rings. The standard InChI is InChI=1S/C12H12FN3O6/c13-7-1-5(18)4-2-16(12(21)15-10(4)14-7)11-9(20)8(19)6(3-17)22-11/h1-2,6,8-9,11,17,19-20H,3H2,(H,14,15,21). The molecular formula is C12H12FN3O6. The zero-order chi connectivity index (χ0) is 16.0. The third-order valence-electron chi connectivity index (χ3n) is 3.50. The minimum absolute atomic E-state index is 0.0845. The van der Waals surface area contributed by atoms with E-state index in [2.05, 4.69) is 9.97 Å². The fraction of sp³-hybridized carbons (Fsp3) is 0.417. The molecule has 0 saturated carbocycles. The number of hydrogen-bond acceptors (Lipinski definition) is 7. The normalized spacial score (nSPS) is 28.4. The number of aliphatic hydroxyl groups is 3. The van der Waals surface area contributed by atoms with Gasteiger partial charge in [0.15, 0.2) is 23.3 Å². The van der Waals surface area contributed by atoms with Gasteiger partial charge in [0.1, 0.15) is 18.3 Å². The summed E-state index contributed by atoms with van der Waals surface area (Å²) in [6, 6.07) is 0.691. The third-order valence-corrected chi connectivity index (χ3v) is 3.50. The number of nitrogens with zero attached hydrogens (tertiary/aromatic N) is 2. The molecule has 9 nitrogen and oxygen atoms in total. The molecule has 0 radical (unpaired) electrons. The molecule has 22 heavy (non-hydrogen) atoms. The number of rotatable bonds is 2. The Morgan fingerprint density at radius 3 is 2.73 bits per heavy atom. The van der Waals surface area contributed by atoms with E-state index in [0.29, 0.717) is 6.07 Å². The van der Waals surface area contributed by atoms with Crippen LogP contribution in [0.5, 0.6) is 0 Å². The molecular weight excluding hydrogens is 301 g/mol. The predicted octanol–water partition coefficient (Wildman–Crippen LogP) is -2.16. The summed E-state index contributed by atoms with van der Waals surface area (Å²) in [5.74, 6) is -0.935. The lowest BCUT2D eigenvalue weighted by Gasteiger charge is -2.17. The van der Waals surface area contributed by atoms with Crippen LogP contribution in [0.15, 0.2) is 21.9 Å². The quantitative estimate of drug-likeness (QED) is 0.463. The highest BCUT2D eigenvalue weighted by Gasteiger charge is 2.43. The molecule has 10 heteroatoms. The zero-order valence-electron chi connectivity index (χ0n) is 11.0. The summed E-state index contributed by atoms with van der Waals surface area (Å²) in [6.45, 7) is -0.559. The lowest BCUT2D eigenvalue weighted by molar-refractivity contribution is -0.0547. The molecule has 3 rings (SSSR count). The van der Waals surface area contributed by atoms with Crippen molar-refractivity contribution < 1.29 is 24.4 Å². The van der Waals surface area contributed by atoms with Gasteiger partial charge in [-0.05, 0) is 0 Å². The van der Waals surface area contributed by atoms with Crippen LogP contribution in [0.1, 0.15) is 6.23 Å². The van der Waals surface area contributed by atoms with Crippen molar-refractivity contribution in [3.63, 3.8) is 0 Å². The van der Waals surface area contributed by atoms with Crippen molar-refractivity contribution in [1.29, 1.82) is 0 Å². The maximum atomic E-state index is 13.1. The van der Waals surface area contributed by atoms with E-state index in [1.54, 1.807) is 0 Å². The topological polar surface area (TPSA) is 138 Å². The van der Waals surface area contributed by atoms with Crippen molar-refractivity contribution in [2.75, 3.05) is 6.61 Å². The van der Waals surface area contributed by atoms with E-state index in [1.165, 1.54) is 0 Å². The minimum Gasteiger partial charge on any atom is -0.394 e. The Morgan fingerprint density at radius 1 is 1.36 bits per heavy atom. The number of aromatic amines is 1. The van der Waals surface area contributed by atoms with Gasteiger partial charge < -0.3 is 25.0 Å². The van der Waals surface area contributed by atoms with E-state index < -0.39 is 48.2 Å². The SMILES string of the molecule is O=c1cc(F)[nH]c2nc(=O)n(C3OC(CO)C(O)C3O)cc12. The molecule has 1 saturated heterocycles. The van der Waals surface area contributed by atoms with Gasteiger partial charge in [-0.1, -0.05) is 0 Å². The van der Waals surface area contributed by atoms with Crippen LogP contribution >= 0.6 is 0 Å². The summed E-state index contributed by atoms with van der Waals surface area (Å²) in [4.78, 5) is 29.4. The number of nitrogens with one attached hydrogen (secondary N) is 1. The summed E-state index contributed by atoms with van der Waals surface area (Å²) < 4.78 is 19.1. The van der Waals surface area contributed by atoms with E-state index in [0.717, 1.165) is 10.8 Å². The second-order valence-electron chi connectivity index (χ2n) is 4.90. The first-order valence-electron chi connectivity index (χ1n) is 6.36. The highest BCUT2D eigenvalue weighted by molar-refractivity contribution is 5.72. The van der Waals surface area contributed by atoms with Crippen LogP contribution < -0.4 is 11.1 Å². The van der Waals surface area contributed by atoms with E-state index in [-0.39, 0.29) is 11.0 Å². The maximum absolute atomic E-state index is 13.1. The van der Waals surface area contributed by atoms with Crippen molar-refractivity contribution >= 4 is 11.0 Å². The van der Waals surface area contributed by atoms with Gasteiger partial charge in [-0.15, -0.1) is 0 Å². The lowest BCUT2D eigenvalue weighted by atomic mass is 10.1. The van der Waals surface area contributed by atoms with Gasteiger partial charge in [0.25, 0.3) is 0 Å². The molecule has 4 unspecified atom stereocenters. The maximum Gasteiger partial charge on any atom is 0.351 e. The molecule has 3 heterocycles. The number of halogens is 1. The zero-order valence-corrected chi connectivity index (χ0v) is 11.0. The molecule has 4 atom stereocenters.